The molecule has 3 atom stereocenters. The second-order valence-electron chi connectivity index (χ2n) is 8.43. The molecule has 0 spiro atoms. The first-order valence-electron chi connectivity index (χ1n) is 11.2. The number of alkyl halides is 6. The summed E-state index contributed by atoms with van der Waals surface area (Å²) in [6, 6.07) is 7.88. The summed E-state index contributed by atoms with van der Waals surface area (Å²) in [6.45, 7) is 6.30. The molecule has 0 aromatic heterocycles. The molecule has 8 nitrogen and oxygen atoms in total. The van der Waals surface area contributed by atoms with Gasteiger partial charge in [-0.3, -0.25) is 9.80 Å². The molecule has 37 heavy (non-hydrogen) atoms. The molecule has 1 aromatic carbocycles. The van der Waals surface area contributed by atoms with E-state index in [0.717, 1.165) is 58.0 Å². The van der Waals surface area contributed by atoms with Crippen molar-refractivity contribution < 1.29 is 60.0 Å². The first-order valence-corrected chi connectivity index (χ1v) is 11.2. The number of carbonyl (C=O) groups is 2. The highest BCUT2D eigenvalue weighted by Gasteiger charge is 2.46. The molecule has 0 radical (unpaired) electrons. The van der Waals surface area contributed by atoms with Crippen LogP contribution >= 0.6 is 0 Å². The average Bonchev–Trinajstić information content (AvgIpc) is 3.18. The van der Waals surface area contributed by atoms with Crippen LogP contribution in [-0.4, -0.2) is 102 Å². The predicted octanol–water partition coefficient (Wildman–Crippen LogP) is 3.16. The fourth-order valence-electron chi connectivity index (χ4n) is 4.31. The van der Waals surface area contributed by atoms with Gasteiger partial charge in [0.1, 0.15) is 5.82 Å². The van der Waals surface area contributed by atoms with Gasteiger partial charge in [0.25, 0.3) is 0 Å². The van der Waals surface area contributed by atoms with Gasteiger partial charge in [-0.1, -0.05) is 12.1 Å². The molecular formula is C22H27F7N2O6. The van der Waals surface area contributed by atoms with Crippen LogP contribution in [0, 0.1) is 5.82 Å². The Hall–Kier alpha value is -2.49. The van der Waals surface area contributed by atoms with Gasteiger partial charge in [0.2, 0.25) is 0 Å². The van der Waals surface area contributed by atoms with E-state index in [0.29, 0.717) is 12.1 Å². The summed E-state index contributed by atoms with van der Waals surface area (Å²) in [7, 11) is 0. The van der Waals surface area contributed by atoms with Gasteiger partial charge in [-0.2, -0.15) is 26.3 Å². The molecule has 3 aliphatic rings. The lowest BCUT2D eigenvalue weighted by atomic mass is 9.99. The molecule has 0 saturated carbocycles. The number of rotatable bonds is 3. The van der Waals surface area contributed by atoms with Crippen molar-refractivity contribution in [2.24, 2.45) is 0 Å². The van der Waals surface area contributed by atoms with E-state index in [-0.39, 0.29) is 11.9 Å². The van der Waals surface area contributed by atoms with E-state index in [4.69, 9.17) is 29.3 Å². The van der Waals surface area contributed by atoms with Crippen LogP contribution in [0.3, 0.4) is 0 Å². The number of aliphatic carboxylic acids is 2. The van der Waals surface area contributed by atoms with Gasteiger partial charge in [-0.15, -0.1) is 0 Å². The van der Waals surface area contributed by atoms with Crippen LogP contribution in [0.2, 0.25) is 0 Å². The number of carboxylic acids is 2. The highest BCUT2D eigenvalue weighted by atomic mass is 19.4. The van der Waals surface area contributed by atoms with Crippen molar-refractivity contribution >= 4 is 11.9 Å². The van der Waals surface area contributed by atoms with E-state index >= 15 is 0 Å². The van der Waals surface area contributed by atoms with Crippen molar-refractivity contribution in [3.05, 3.63) is 35.6 Å². The minimum atomic E-state index is -5.08. The van der Waals surface area contributed by atoms with E-state index in [9.17, 15) is 30.7 Å². The highest BCUT2D eigenvalue weighted by Crippen LogP contribution is 2.33. The van der Waals surface area contributed by atoms with Gasteiger partial charge in [0.05, 0.1) is 25.4 Å². The SMILES string of the molecule is Fc1cccc(CN2C[C@H](N3CCOCC3)[C@@H]3OCCC[C@@H]32)c1.O=C(O)C(F)(F)F.O=C(O)C(F)(F)F. The number of nitrogens with zero attached hydrogens (tertiary/aromatic N) is 2. The van der Waals surface area contributed by atoms with E-state index in [1.807, 2.05) is 6.07 Å². The van der Waals surface area contributed by atoms with Crippen LogP contribution in [0.25, 0.3) is 0 Å². The molecule has 4 rings (SSSR count). The summed E-state index contributed by atoms with van der Waals surface area (Å²) >= 11 is 0. The maximum absolute atomic E-state index is 13.5. The average molecular weight is 548 g/mol. The molecule has 2 N–H and O–H groups in total. The van der Waals surface area contributed by atoms with Crippen LogP contribution in [0.4, 0.5) is 30.7 Å². The Labute approximate surface area is 207 Å². The minimum Gasteiger partial charge on any atom is -0.475 e. The summed E-state index contributed by atoms with van der Waals surface area (Å²) in [6.07, 6.45) is -7.58. The lowest BCUT2D eigenvalue weighted by Crippen LogP contribution is -2.51. The van der Waals surface area contributed by atoms with E-state index in [1.54, 1.807) is 12.1 Å². The van der Waals surface area contributed by atoms with Crippen LogP contribution in [0.1, 0.15) is 18.4 Å². The first-order chi connectivity index (χ1) is 17.2. The lowest BCUT2D eigenvalue weighted by molar-refractivity contribution is -0.193. The van der Waals surface area contributed by atoms with Crippen molar-refractivity contribution in [2.45, 2.75) is 49.9 Å². The molecule has 3 fully saturated rings. The Balaban J connectivity index is 0.000000286. The van der Waals surface area contributed by atoms with Gasteiger partial charge in [0, 0.05) is 38.8 Å². The van der Waals surface area contributed by atoms with Crippen molar-refractivity contribution in [1.82, 2.24) is 9.80 Å². The minimum absolute atomic E-state index is 0.150. The van der Waals surface area contributed by atoms with Crippen LogP contribution in [0.5, 0.6) is 0 Å². The second kappa shape index (κ2) is 13.3. The quantitative estimate of drug-likeness (QED) is 0.556. The first kappa shape index (κ1) is 30.7. The van der Waals surface area contributed by atoms with Crippen molar-refractivity contribution in [3.63, 3.8) is 0 Å². The summed E-state index contributed by atoms with van der Waals surface area (Å²) < 4.78 is 88.6. The van der Waals surface area contributed by atoms with Crippen LogP contribution < -0.4 is 0 Å². The van der Waals surface area contributed by atoms with Crippen molar-refractivity contribution in [3.8, 4) is 0 Å². The monoisotopic (exact) mass is 548 g/mol. The fourth-order valence-corrected chi connectivity index (χ4v) is 4.31. The number of fused-ring (bicyclic) bond motifs is 1. The molecule has 1 aromatic rings. The Bertz CT molecular complexity index is 869. The van der Waals surface area contributed by atoms with Gasteiger partial charge < -0.3 is 19.7 Å². The number of ether oxygens (including phenoxy) is 2. The molecular weight excluding hydrogens is 521 g/mol. The highest BCUT2D eigenvalue weighted by molar-refractivity contribution is 5.73. The third kappa shape index (κ3) is 9.72. The number of likely N-dealkylation sites (tertiary alicyclic amines) is 1. The van der Waals surface area contributed by atoms with Crippen molar-refractivity contribution in [1.29, 1.82) is 0 Å². The summed E-state index contributed by atoms with van der Waals surface area (Å²) in [5, 5.41) is 14.2. The van der Waals surface area contributed by atoms with E-state index in [2.05, 4.69) is 9.80 Å². The smallest absolute Gasteiger partial charge is 0.475 e. The number of hydrogen-bond acceptors (Lipinski definition) is 6. The molecule has 210 valence electrons. The molecule has 0 aliphatic carbocycles. The Morgan fingerprint density at radius 1 is 0.946 bits per heavy atom. The molecule has 0 amide bonds. The predicted molar refractivity (Wildman–Crippen MR) is 113 cm³/mol. The third-order valence-corrected chi connectivity index (χ3v) is 5.88. The van der Waals surface area contributed by atoms with Gasteiger partial charge in [0.15, 0.2) is 0 Å². The molecule has 3 aliphatic heterocycles. The van der Waals surface area contributed by atoms with E-state index < -0.39 is 24.3 Å². The maximum atomic E-state index is 13.5. The van der Waals surface area contributed by atoms with Crippen molar-refractivity contribution in [2.75, 3.05) is 39.5 Å². The number of halogens is 7. The topological polar surface area (TPSA) is 99.5 Å². The summed E-state index contributed by atoms with van der Waals surface area (Å²) in [5.41, 5.74) is 1.05. The maximum Gasteiger partial charge on any atom is 0.490 e. The third-order valence-electron chi connectivity index (χ3n) is 5.88. The van der Waals surface area contributed by atoms with Crippen LogP contribution in [0.15, 0.2) is 24.3 Å². The zero-order valence-electron chi connectivity index (χ0n) is 19.5. The Kier molecular flexibility index (Phi) is 11.1. The number of hydrogen-bond donors (Lipinski definition) is 2. The largest absolute Gasteiger partial charge is 0.490 e. The zero-order valence-corrected chi connectivity index (χ0v) is 19.5. The van der Waals surface area contributed by atoms with E-state index in [1.165, 1.54) is 12.5 Å². The summed E-state index contributed by atoms with van der Waals surface area (Å²) in [5.74, 6) is -5.66. The Morgan fingerprint density at radius 2 is 1.51 bits per heavy atom. The molecule has 0 bridgehead atoms. The Morgan fingerprint density at radius 3 is 2.03 bits per heavy atom. The molecule has 3 heterocycles. The van der Waals surface area contributed by atoms with Gasteiger partial charge in [-0.25, -0.2) is 14.0 Å². The lowest BCUT2D eigenvalue weighted by Gasteiger charge is -2.37. The number of carboxylic acid groups (broad SMARTS) is 2. The van der Waals surface area contributed by atoms with Gasteiger partial charge in [-0.05, 0) is 30.5 Å². The normalized spacial score (nSPS) is 24.7. The fraction of sp³-hybridized carbons (Fsp3) is 0.636. The summed E-state index contributed by atoms with van der Waals surface area (Å²) in [4.78, 5) is 22.8. The molecule has 15 heteroatoms. The zero-order chi connectivity index (χ0) is 27.8. The molecule has 3 saturated heterocycles. The standard InChI is InChI=1S/C18H25FN2O2.2C2HF3O2/c19-15-4-1-3-14(11-15)12-21-13-17(20-6-9-22-10-7-20)18-16(21)5-2-8-23-18;2*3-2(4,5)1(6)7/h1,3-4,11,16-18H,2,5-10,12-13H2;2*(H,6,7)/t16-,17-,18+;;/m0../s1. The van der Waals surface area contributed by atoms with Gasteiger partial charge >= 0.3 is 24.3 Å². The second-order valence-corrected chi connectivity index (χ2v) is 8.43. The molecule has 0 unspecified atom stereocenters. The van der Waals surface area contributed by atoms with Crippen LogP contribution in [-0.2, 0) is 25.6 Å². The number of benzene rings is 1. The number of morpholine rings is 1.